The maximum atomic E-state index is 11.4. The molecule has 6 heteroatoms. The summed E-state index contributed by atoms with van der Waals surface area (Å²) in [6.07, 6.45) is 3.64. The Kier molecular flexibility index (Phi) is 4.56. The summed E-state index contributed by atoms with van der Waals surface area (Å²) in [4.78, 5) is 0. The smallest absolute Gasteiger partial charge is 0.233 e. The summed E-state index contributed by atoms with van der Waals surface area (Å²) in [7, 11) is 1.87. The molecule has 0 radical (unpaired) electrons. The molecule has 0 saturated heterocycles. The molecule has 0 unspecified atom stereocenters. The van der Waals surface area contributed by atoms with Gasteiger partial charge in [-0.25, -0.2) is 8.42 Å². The van der Waals surface area contributed by atoms with Crippen molar-refractivity contribution in [3.05, 3.63) is 29.8 Å². The maximum Gasteiger partial charge on any atom is 0.233 e. The minimum Gasteiger partial charge on any atom is -0.493 e. The van der Waals surface area contributed by atoms with Crippen LogP contribution in [0.1, 0.15) is 31.2 Å². The molecule has 0 atom stereocenters. The number of hydrogen-bond acceptors (Lipinski definition) is 4. The molecule has 2 rings (SSSR count). The molecule has 1 fully saturated rings. The van der Waals surface area contributed by atoms with Crippen LogP contribution in [-0.2, 0) is 9.05 Å². The highest BCUT2D eigenvalue weighted by molar-refractivity contribution is 8.13. The van der Waals surface area contributed by atoms with Crippen LogP contribution < -0.4 is 4.74 Å². The summed E-state index contributed by atoms with van der Waals surface area (Å²) in [5.74, 6) is 0.597. The molecule has 1 aliphatic carbocycles. The van der Waals surface area contributed by atoms with Crippen molar-refractivity contribution in [1.29, 1.82) is 5.26 Å². The minimum atomic E-state index is -3.53. The van der Waals surface area contributed by atoms with Gasteiger partial charge in [-0.3, -0.25) is 0 Å². The molecule has 4 nitrogen and oxygen atoms in total. The van der Waals surface area contributed by atoms with Crippen molar-refractivity contribution in [2.24, 2.45) is 5.41 Å². The third kappa shape index (κ3) is 4.12. The molecular weight excluding hydrogens is 298 g/mol. The van der Waals surface area contributed by atoms with Gasteiger partial charge in [-0.05, 0) is 37.1 Å². The second-order valence-electron chi connectivity index (χ2n) is 5.32. The van der Waals surface area contributed by atoms with E-state index in [-0.39, 0.29) is 11.2 Å². The van der Waals surface area contributed by atoms with Gasteiger partial charge < -0.3 is 4.74 Å². The molecule has 20 heavy (non-hydrogen) atoms. The topological polar surface area (TPSA) is 67.2 Å². The van der Waals surface area contributed by atoms with E-state index in [1.165, 1.54) is 0 Å². The number of ether oxygens (including phenoxy) is 1. The zero-order valence-electron chi connectivity index (χ0n) is 11.0. The third-order valence-electron chi connectivity index (χ3n) is 3.67. The third-order valence-corrected chi connectivity index (χ3v) is 4.96. The number of rotatable bonds is 5. The maximum absolute atomic E-state index is 11.4. The Labute approximate surface area is 123 Å². The quantitative estimate of drug-likeness (QED) is 0.783. The molecule has 0 aromatic heterocycles. The van der Waals surface area contributed by atoms with Gasteiger partial charge in [-0.15, -0.1) is 0 Å². The van der Waals surface area contributed by atoms with Crippen LogP contribution in [0, 0.1) is 16.7 Å². The molecule has 1 aromatic rings. The van der Waals surface area contributed by atoms with Crippen molar-refractivity contribution < 1.29 is 13.2 Å². The van der Waals surface area contributed by atoms with E-state index in [1.54, 1.807) is 24.3 Å². The Bertz CT molecular complexity index is 598. The van der Waals surface area contributed by atoms with E-state index in [1.807, 2.05) is 6.07 Å². The highest BCUT2D eigenvalue weighted by Gasteiger charge is 2.38. The van der Waals surface area contributed by atoms with Crippen LogP contribution in [0.4, 0.5) is 0 Å². The first-order chi connectivity index (χ1) is 9.42. The second kappa shape index (κ2) is 6.02. The molecule has 0 bridgehead atoms. The van der Waals surface area contributed by atoms with Crippen LogP contribution in [0.3, 0.4) is 0 Å². The number of nitriles is 1. The molecule has 0 amide bonds. The number of hydrogen-bond donors (Lipinski definition) is 0. The van der Waals surface area contributed by atoms with Crippen LogP contribution >= 0.6 is 10.7 Å². The van der Waals surface area contributed by atoms with E-state index in [9.17, 15) is 8.42 Å². The molecule has 0 heterocycles. The van der Waals surface area contributed by atoms with Crippen molar-refractivity contribution >= 4 is 19.7 Å². The van der Waals surface area contributed by atoms with Gasteiger partial charge in [0.15, 0.2) is 0 Å². The summed E-state index contributed by atoms with van der Waals surface area (Å²) >= 11 is 0. The summed E-state index contributed by atoms with van der Waals surface area (Å²) < 4.78 is 28.4. The number of benzene rings is 1. The fourth-order valence-corrected chi connectivity index (χ4v) is 4.48. The number of halogens is 1. The molecule has 108 valence electrons. The molecule has 0 spiro atoms. The normalized spacial score (nSPS) is 17.6. The SMILES string of the molecule is N#Cc1ccc(OCC2(CS(=O)(=O)Cl)CCCC2)cc1. The Morgan fingerprint density at radius 2 is 1.85 bits per heavy atom. The molecule has 1 aromatic carbocycles. The minimum absolute atomic E-state index is 0.0438. The summed E-state index contributed by atoms with van der Waals surface area (Å²) in [5, 5.41) is 8.73. The summed E-state index contributed by atoms with van der Waals surface area (Å²) in [6, 6.07) is 8.83. The van der Waals surface area contributed by atoms with E-state index in [0.717, 1.165) is 25.7 Å². The standard InChI is InChI=1S/C14H16ClNO3S/c15-20(17,18)11-14(7-1-2-8-14)10-19-13-5-3-12(9-16)4-6-13/h3-6H,1-2,7-8,10-11H2. The van der Waals surface area contributed by atoms with Crippen molar-refractivity contribution in [1.82, 2.24) is 0 Å². The molecule has 0 aliphatic heterocycles. The van der Waals surface area contributed by atoms with Crippen LogP contribution in [0.15, 0.2) is 24.3 Å². The highest BCUT2D eigenvalue weighted by Crippen LogP contribution is 2.40. The lowest BCUT2D eigenvalue weighted by molar-refractivity contribution is 0.171. The zero-order valence-corrected chi connectivity index (χ0v) is 12.6. The predicted molar refractivity (Wildman–Crippen MR) is 77.2 cm³/mol. The predicted octanol–water partition coefficient (Wildman–Crippen LogP) is 3.07. The van der Waals surface area contributed by atoms with Crippen molar-refractivity contribution in [2.45, 2.75) is 25.7 Å². The lowest BCUT2D eigenvalue weighted by Crippen LogP contribution is -2.32. The van der Waals surface area contributed by atoms with E-state index >= 15 is 0 Å². The first-order valence-electron chi connectivity index (χ1n) is 6.48. The lowest BCUT2D eigenvalue weighted by Gasteiger charge is -2.27. The van der Waals surface area contributed by atoms with Gasteiger partial charge in [0.2, 0.25) is 9.05 Å². The fraction of sp³-hybridized carbons (Fsp3) is 0.500. The van der Waals surface area contributed by atoms with Crippen LogP contribution in [-0.4, -0.2) is 20.8 Å². The van der Waals surface area contributed by atoms with Gasteiger partial charge >= 0.3 is 0 Å². The first kappa shape index (κ1) is 15.1. The Morgan fingerprint density at radius 3 is 2.35 bits per heavy atom. The summed E-state index contributed by atoms with van der Waals surface area (Å²) in [6.45, 7) is 0.338. The lowest BCUT2D eigenvalue weighted by atomic mass is 9.90. The van der Waals surface area contributed by atoms with Crippen LogP contribution in [0.5, 0.6) is 5.75 Å². The van der Waals surface area contributed by atoms with Crippen molar-refractivity contribution in [3.63, 3.8) is 0 Å². The van der Waals surface area contributed by atoms with Crippen molar-refractivity contribution in [3.8, 4) is 11.8 Å². The van der Waals surface area contributed by atoms with Crippen LogP contribution in [0.25, 0.3) is 0 Å². The second-order valence-corrected chi connectivity index (χ2v) is 8.09. The van der Waals surface area contributed by atoms with E-state index in [2.05, 4.69) is 0 Å². The Morgan fingerprint density at radius 1 is 1.25 bits per heavy atom. The highest BCUT2D eigenvalue weighted by atomic mass is 35.7. The first-order valence-corrected chi connectivity index (χ1v) is 8.96. The van der Waals surface area contributed by atoms with Gasteiger partial charge in [-0.2, -0.15) is 5.26 Å². The van der Waals surface area contributed by atoms with E-state index < -0.39 is 9.05 Å². The van der Waals surface area contributed by atoms with E-state index in [0.29, 0.717) is 17.9 Å². The molecule has 1 saturated carbocycles. The molecule has 0 N–H and O–H groups in total. The average Bonchev–Trinajstić information content (AvgIpc) is 2.84. The van der Waals surface area contributed by atoms with Gasteiger partial charge in [-0.1, -0.05) is 12.8 Å². The van der Waals surface area contributed by atoms with Gasteiger partial charge in [0.05, 0.1) is 24.0 Å². The monoisotopic (exact) mass is 313 g/mol. The van der Waals surface area contributed by atoms with Gasteiger partial charge in [0, 0.05) is 16.1 Å². The number of nitrogens with zero attached hydrogens (tertiary/aromatic N) is 1. The Balaban J connectivity index is 2.04. The Hall–Kier alpha value is -1.25. The molecule has 1 aliphatic rings. The van der Waals surface area contributed by atoms with Crippen LogP contribution in [0.2, 0.25) is 0 Å². The molecular formula is C14H16ClNO3S. The average molecular weight is 314 g/mol. The van der Waals surface area contributed by atoms with Gasteiger partial charge in [0.1, 0.15) is 5.75 Å². The van der Waals surface area contributed by atoms with Gasteiger partial charge in [0.25, 0.3) is 0 Å². The van der Waals surface area contributed by atoms with E-state index in [4.69, 9.17) is 20.7 Å². The van der Waals surface area contributed by atoms with Crippen molar-refractivity contribution in [2.75, 3.05) is 12.4 Å². The largest absolute Gasteiger partial charge is 0.493 e. The summed E-state index contributed by atoms with van der Waals surface area (Å²) in [5.41, 5.74) is 0.186. The fourth-order valence-electron chi connectivity index (χ4n) is 2.68. The zero-order chi connectivity index (χ0) is 14.6.